The van der Waals surface area contributed by atoms with Crippen molar-refractivity contribution < 1.29 is 8.42 Å². The van der Waals surface area contributed by atoms with Crippen LogP contribution in [0.4, 0.5) is 0 Å². The fourth-order valence-corrected chi connectivity index (χ4v) is 6.11. The highest BCUT2D eigenvalue weighted by Crippen LogP contribution is 2.48. The molecule has 0 aliphatic carbocycles. The molecule has 0 atom stereocenters. The van der Waals surface area contributed by atoms with Crippen LogP contribution in [0.15, 0.2) is 0 Å². The Labute approximate surface area is 81.8 Å². The SMILES string of the molecule is O=S1(=O)C2CCCC1(Br)CCC2. The minimum Gasteiger partial charge on any atom is -0.227 e. The van der Waals surface area contributed by atoms with Gasteiger partial charge in [0, 0.05) is 0 Å². The lowest BCUT2D eigenvalue weighted by molar-refractivity contribution is 0.418. The van der Waals surface area contributed by atoms with Crippen molar-refractivity contribution in [1.29, 1.82) is 0 Å². The van der Waals surface area contributed by atoms with E-state index < -0.39 is 13.5 Å². The number of hydrogen-bond donors (Lipinski definition) is 0. The summed E-state index contributed by atoms with van der Waals surface area (Å²) in [4.78, 5) is 0. The van der Waals surface area contributed by atoms with Gasteiger partial charge >= 0.3 is 0 Å². The second-order valence-electron chi connectivity index (χ2n) is 3.83. The van der Waals surface area contributed by atoms with Gasteiger partial charge in [-0.1, -0.05) is 15.9 Å². The van der Waals surface area contributed by atoms with Crippen LogP contribution in [0.1, 0.15) is 38.5 Å². The van der Waals surface area contributed by atoms with Crippen LogP contribution in [-0.2, 0) is 9.84 Å². The molecule has 2 fully saturated rings. The van der Waals surface area contributed by atoms with Crippen molar-refractivity contribution in [3.8, 4) is 0 Å². The van der Waals surface area contributed by atoms with Gasteiger partial charge in [-0.3, -0.25) is 0 Å². The first-order valence-corrected chi connectivity index (χ1v) is 6.83. The Kier molecular flexibility index (Phi) is 2.03. The van der Waals surface area contributed by atoms with Gasteiger partial charge < -0.3 is 0 Å². The van der Waals surface area contributed by atoms with Gasteiger partial charge in [0.1, 0.15) is 3.66 Å². The van der Waals surface area contributed by atoms with E-state index in [-0.39, 0.29) is 5.25 Å². The Morgan fingerprint density at radius 2 is 1.67 bits per heavy atom. The molecular formula is C8H13BrO2S. The number of fused-ring (bicyclic) bond motifs is 2. The van der Waals surface area contributed by atoms with Gasteiger partial charge in [-0.2, -0.15) is 0 Å². The summed E-state index contributed by atoms with van der Waals surface area (Å²) < 4.78 is 23.2. The minimum atomic E-state index is -2.85. The Balaban J connectivity index is 2.43. The second kappa shape index (κ2) is 2.71. The van der Waals surface area contributed by atoms with Crippen molar-refractivity contribution in [1.82, 2.24) is 0 Å². The molecule has 0 aromatic rings. The molecule has 2 nitrogen and oxygen atoms in total. The topological polar surface area (TPSA) is 34.1 Å². The zero-order valence-corrected chi connectivity index (χ0v) is 9.33. The third-order valence-corrected chi connectivity index (χ3v) is 8.03. The van der Waals surface area contributed by atoms with Crippen molar-refractivity contribution in [2.75, 3.05) is 0 Å². The third kappa shape index (κ3) is 1.07. The number of rotatable bonds is 0. The van der Waals surface area contributed by atoms with Crippen LogP contribution in [-0.4, -0.2) is 17.3 Å². The van der Waals surface area contributed by atoms with Crippen molar-refractivity contribution in [3.63, 3.8) is 0 Å². The Morgan fingerprint density at radius 1 is 1.17 bits per heavy atom. The van der Waals surface area contributed by atoms with E-state index in [1.165, 1.54) is 0 Å². The van der Waals surface area contributed by atoms with E-state index in [1.807, 2.05) is 0 Å². The van der Waals surface area contributed by atoms with E-state index in [0.717, 1.165) is 38.5 Å². The zero-order chi connectivity index (χ0) is 8.82. The first kappa shape index (κ1) is 9.00. The fourth-order valence-electron chi connectivity index (χ4n) is 2.35. The van der Waals surface area contributed by atoms with Crippen molar-refractivity contribution >= 4 is 25.8 Å². The van der Waals surface area contributed by atoms with Gasteiger partial charge in [0.25, 0.3) is 0 Å². The maximum absolute atomic E-state index is 11.9. The smallest absolute Gasteiger partial charge is 0.168 e. The van der Waals surface area contributed by atoms with Crippen LogP contribution >= 0.6 is 15.9 Å². The normalized spacial score (nSPS) is 45.6. The zero-order valence-electron chi connectivity index (χ0n) is 6.92. The lowest BCUT2D eigenvalue weighted by Crippen LogP contribution is -2.46. The number of alkyl halides is 1. The molecule has 12 heavy (non-hydrogen) atoms. The van der Waals surface area contributed by atoms with E-state index in [9.17, 15) is 8.42 Å². The Hall–Kier alpha value is 0.430. The standard InChI is InChI=1S/C8H13BrO2S/c9-8-5-1-3-7(4-2-6-8)12(8,10)11/h7H,1-6H2. The number of halogens is 1. The summed E-state index contributed by atoms with van der Waals surface area (Å²) in [6, 6.07) is 0. The summed E-state index contributed by atoms with van der Waals surface area (Å²) in [5.41, 5.74) is 0. The molecule has 70 valence electrons. The molecule has 2 heterocycles. The summed E-state index contributed by atoms with van der Waals surface area (Å²) >= 11 is 3.42. The largest absolute Gasteiger partial charge is 0.227 e. The molecule has 0 radical (unpaired) electrons. The van der Waals surface area contributed by atoms with E-state index in [4.69, 9.17) is 0 Å². The van der Waals surface area contributed by atoms with E-state index >= 15 is 0 Å². The van der Waals surface area contributed by atoms with Crippen molar-refractivity contribution in [3.05, 3.63) is 0 Å². The summed E-state index contributed by atoms with van der Waals surface area (Å²) in [6.07, 6.45) is 5.52. The molecule has 0 spiro atoms. The molecule has 0 unspecified atom stereocenters. The van der Waals surface area contributed by atoms with Crippen LogP contribution in [0.25, 0.3) is 0 Å². The molecule has 2 aliphatic heterocycles. The summed E-state index contributed by atoms with van der Waals surface area (Å²) in [5.74, 6) is 0. The fraction of sp³-hybridized carbons (Fsp3) is 1.00. The molecule has 2 rings (SSSR count). The summed E-state index contributed by atoms with van der Waals surface area (Å²) in [5, 5.41) is -0.0422. The van der Waals surface area contributed by atoms with Gasteiger partial charge in [-0.25, -0.2) is 8.42 Å². The van der Waals surface area contributed by atoms with Gasteiger partial charge in [-0.15, -0.1) is 0 Å². The number of sulfone groups is 1. The summed E-state index contributed by atoms with van der Waals surface area (Å²) in [6.45, 7) is 0. The lowest BCUT2D eigenvalue weighted by Gasteiger charge is -2.40. The average Bonchev–Trinajstić information content (AvgIpc) is 1.93. The Bertz CT molecular complexity index is 273. The minimum absolute atomic E-state index is 0.0422. The van der Waals surface area contributed by atoms with Crippen LogP contribution in [0.3, 0.4) is 0 Å². The molecule has 4 heteroatoms. The molecular weight excluding hydrogens is 240 g/mol. The molecule has 2 aliphatic rings. The van der Waals surface area contributed by atoms with Crippen LogP contribution in [0.5, 0.6) is 0 Å². The molecule has 0 aromatic heterocycles. The molecule has 0 aromatic carbocycles. The first-order valence-electron chi connectivity index (χ1n) is 4.49. The maximum Gasteiger partial charge on any atom is 0.168 e. The Morgan fingerprint density at radius 3 is 2.00 bits per heavy atom. The van der Waals surface area contributed by atoms with E-state index in [2.05, 4.69) is 15.9 Å². The summed E-state index contributed by atoms with van der Waals surface area (Å²) in [7, 11) is -2.85. The highest BCUT2D eigenvalue weighted by molar-refractivity contribution is 9.11. The van der Waals surface area contributed by atoms with Gasteiger partial charge in [0.15, 0.2) is 9.84 Å². The lowest BCUT2D eigenvalue weighted by atomic mass is 9.99. The predicted molar refractivity (Wildman–Crippen MR) is 52.1 cm³/mol. The maximum atomic E-state index is 11.9. The molecule has 2 saturated heterocycles. The van der Waals surface area contributed by atoms with Crippen LogP contribution in [0, 0.1) is 0 Å². The highest BCUT2D eigenvalue weighted by atomic mass is 79.9. The number of hydrogen-bond acceptors (Lipinski definition) is 2. The first-order chi connectivity index (χ1) is 5.56. The van der Waals surface area contributed by atoms with Crippen LogP contribution in [0.2, 0.25) is 0 Å². The third-order valence-electron chi connectivity index (χ3n) is 3.10. The highest BCUT2D eigenvalue weighted by Gasteiger charge is 2.50. The van der Waals surface area contributed by atoms with Crippen molar-refractivity contribution in [2.45, 2.75) is 47.4 Å². The molecule has 0 amide bonds. The van der Waals surface area contributed by atoms with Crippen molar-refractivity contribution in [2.24, 2.45) is 0 Å². The van der Waals surface area contributed by atoms with Crippen LogP contribution < -0.4 is 0 Å². The van der Waals surface area contributed by atoms with Gasteiger partial charge in [0.05, 0.1) is 5.25 Å². The monoisotopic (exact) mass is 252 g/mol. The second-order valence-corrected chi connectivity index (χ2v) is 8.42. The molecule has 0 saturated carbocycles. The van der Waals surface area contributed by atoms with Gasteiger partial charge in [-0.05, 0) is 38.5 Å². The van der Waals surface area contributed by atoms with E-state index in [0.29, 0.717) is 0 Å². The van der Waals surface area contributed by atoms with E-state index in [1.54, 1.807) is 0 Å². The van der Waals surface area contributed by atoms with Gasteiger partial charge in [0.2, 0.25) is 0 Å². The quantitative estimate of drug-likeness (QED) is 0.620. The predicted octanol–water partition coefficient (Wildman–Crippen LogP) is 2.23. The molecule has 0 N–H and O–H groups in total. The molecule has 2 bridgehead atoms. The average molecular weight is 253 g/mol.